The highest BCUT2D eigenvalue weighted by molar-refractivity contribution is 7.89. The monoisotopic (exact) mass is 242 g/mol. The molecule has 0 aliphatic heterocycles. The average Bonchev–Trinajstić information content (AvgIpc) is 2.03. The highest BCUT2D eigenvalue weighted by Gasteiger charge is 2.15. The first-order valence-corrected chi connectivity index (χ1v) is 6.69. The van der Waals surface area contributed by atoms with E-state index in [-0.39, 0.29) is 11.6 Å². The van der Waals surface area contributed by atoms with Gasteiger partial charge in [0, 0.05) is 19.5 Å². The van der Waals surface area contributed by atoms with Crippen LogP contribution in [0.15, 0.2) is 0 Å². The molecule has 0 unspecified atom stereocenters. The lowest BCUT2D eigenvalue weighted by Gasteiger charge is -2.17. The zero-order chi connectivity index (χ0) is 11.2. The van der Waals surface area contributed by atoms with E-state index in [0.717, 1.165) is 13.0 Å². The Morgan fingerprint density at radius 2 is 1.71 bits per heavy atom. The van der Waals surface area contributed by atoms with E-state index in [4.69, 9.17) is 11.6 Å². The normalized spacial score (nSPS) is 12.7. The van der Waals surface area contributed by atoms with Crippen molar-refractivity contribution in [3.63, 3.8) is 0 Å². The van der Waals surface area contributed by atoms with Crippen molar-refractivity contribution in [2.45, 2.75) is 6.42 Å². The molecule has 0 rings (SSSR count). The Hall–Kier alpha value is 0.160. The van der Waals surface area contributed by atoms with Crippen LogP contribution in [0.2, 0.25) is 0 Å². The third-order valence-electron chi connectivity index (χ3n) is 1.89. The lowest BCUT2D eigenvalue weighted by atomic mass is 10.4. The summed E-state index contributed by atoms with van der Waals surface area (Å²) in [4.78, 5) is 2.03. The van der Waals surface area contributed by atoms with Crippen molar-refractivity contribution in [2.24, 2.45) is 0 Å². The lowest BCUT2D eigenvalue weighted by molar-refractivity contribution is 0.370. The van der Waals surface area contributed by atoms with Gasteiger partial charge in [-0.05, 0) is 27.1 Å². The minimum atomic E-state index is -3.13. The minimum Gasteiger partial charge on any atom is -0.309 e. The van der Waals surface area contributed by atoms with Gasteiger partial charge in [-0.3, -0.25) is 0 Å². The fourth-order valence-electron chi connectivity index (χ4n) is 1.00. The molecule has 0 bridgehead atoms. The SMILES string of the molecule is CN(C)CCCN(C)S(=O)(=O)CCCl. The van der Waals surface area contributed by atoms with Gasteiger partial charge in [-0.2, -0.15) is 0 Å². The van der Waals surface area contributed by atoms with Crippen LogP contribution in [-0.2, 0) is 10.0 Å². The predicted molar refractivity (Wildman–Crippen MR) is 60.3 cm³/mol. The van der Waals surface area contributed by atoms with Crippen molar-refractivity contribution in [3.8, 4) is 0 Å². The van der Waals surface area contributed by atoms with Gasteiger partial charge in [-0.25, -0.2) is 12.7 Å². The van der Waals surface area contributed by atoms with Crippen molar-refractivity contribution in [1.29, 1.82) is 0 Å². The number of rotatable bonds is 7. The molecule has 0 amide bonds. The molecule has 0 aromatic heterocycles. The van der Waals surface area contributed by atoms with Gasteiger partial charge in [-0.15, -0.1) is 11.6 Å². The fourth-order valence-corrected chi connectivity index (χ4v) is 2.50. The lowest BCUT2D eigenvalue weighted by Crippen LogP contribution is -2.32. The van der Waals surface area contributed by atoms with Crippen LogP contribution in [0.1, 0.15) is 6.42 Å². The maximum Gasteiger partial charge on any atom is 0.215 e. The van der Waals surface area contributed by atoms with Crippen molar-refractivity contribution >= 4 is 21.6 Å². The molecule has 0 radical (unpaired) electrons. The molecule has 6 heteroatoms. The molecule has 14 heavy (non-hydrogen) atoms. The molecule has 0 aliphatic carbocycles. The van der Waals surface area contributed by atoms with E-state index < -0.39 is 10.0 Å². The molecular weight excluding hydrogens is 224 g/mol. The average molecular weight is 243 g/mol. The number of sulfonamides is 1. The van der Waals surface area contributed by atoms with Crippen molar-refractivity contribution in [3.05, 3.63) is 0 Å². The first-order chi connectivity index (χ1) is 6.40. The zero-order valence-corrected chi connectivity index (χ0v) is 10.6. The number of hydrogen-bond donors (Lipinski definition) is 0. The molecule has 0 fully saturated rings. The van der Waals surface area contributed by atoms with Gasteiger partial charge in [0.25, 0.3) is 0 Å². The molecule has 0 N–H and O–H groups in total. The topological polar surface area (TPSA) is 40.6 Å². The molecule has 4 nitrogen and oxygen atoms in total. The van der Waals surface area contributed by atoms with Crippen LogP contribution in [0.3, 0.4) is 0 Å². The van der Waals surface area contributed by atoms with Crippen molar-refractivity contribution in [1.82, 2.24) is 9.21 Å². The van der Waals surface area contributed by atoms with Gasteiger partial charge in [-0.1, -0.05) is 0 Å². The molecule has 0 atom stereocenters. The van der Waals surface area contributed by atoms with E-state index in [1.165, 1.54) is 4.31 Å². The van der Waals surface area contributed by atoms with E-state index in [0.29, 0.717) is 6.54 Å². The van der Waals surface area contributed by atoms with Crippen LogP contribution < -0.4 is 0 Å². The first kappa shape index (κ1) is 14.2. The number of nitrogens with zero attached hydrogens (tertiary/aromatic N) is 2. The minimum absolute atomic E-state index is 0.0209. The van der Waals surface area contributed by atoms with Crippen molar-refractivity contribution < 1.29 is 8.42 Å². The number of hydrogen-bond acceptors (Lipinski definition) is 3. The summed E-state index contributed by atoms with van der Waals surface area (Å²) in [5.41, 5.74) is 0. The smallest absolute Gasteiger partial charge is 0.215 e. The molecular formula is C8H19ClN2O2S. The Kier molecular flexibility index (Phi) is 6.68. The van der Waals surface area contributed by atoms with Crippen LogP contribution in [0, 0.1) is 0 Å². The standard InChI is InChI=1S/C8H19ClN2O2S/c1-10(2)6-4-7-11(3)14(12,13)8-5-9/h4-8H2,1-3H3. The number of alkyl halides is 1. The van der Waals surface area contributed by atoms with Gasteiger partial charge in [0.2, 0.25) is 10.0 Å². The molecule has 0 saturated heterocycles. The summed E-state index contributed by atoms with van der Waals surface area (Å²) in [7, 11) is 2.40. The Labute approximate surface area is 91.9 Å². The molecule has 0 aromatic rings. The predicted octanol–water partition coefficient (Wildman–Crippen LogP) is 0.438. The Balaban J connectivity index is 3.89. The quantitative estimate of drug-likeness (QED) is 0.609. The van der Waals surface area contributed by atoms with Crippen LogP contribution in [0.4, 0.5) is 0 Å². The molecule has 0 aromatic carbocycles. The second-order valence-corrected chi connectivity index (χ2v) is 6.06. The molecule has 0 spiro atoms. The van der Waals surface area contributed by atoms with Crippen LogP contribution >= 0.6 is 11.6 Å². The van der Waals surface area contributed by atoms with Crippen LogP contribution in [0.25, 0.3) is 0 Å². The van der Waals surface area contributed by atoms with Gasteiger partial charge < -0.3 is 4.90 Å². The summed E-state index contributed by atoms with van der Waals surface area (Å²) in [6.07, 6.45) is 0.838. The summed E-state index contributed by atoms with van der Waals surface area (Å²) < 4.78 is 24.2. The van der Waals surface area contributed by atoms with Gasteiger partial charge >= 0.3 is 0 Å². The highest BCUT2D eigenvalue weighted by atomic mass is 35.5. The summed E-state index contributed by atoms with van der Waals surface area (Å²) in [6, 6.07) is 0. The van der Waals surface area contributed by atoms with Crippen LogP contribution in [0.5, 0.6) is 0 Å². The third-order valence-corrected chi connectivity index (χ3v) is 4.15. The Morgan fingerprint density at radius 1 is 1.14 bits per heavy atom. The Bertz CT molecular complexity index is 242. The highest BCUT2D eigenvalue weighted by Crippen LogP contribution is 2.00. The Morgan fingerprint density at radius 3 is 2.14 bits per heavy atom. The zero-order valence-electron chi connectivity index (χ0n) is 9.03. The summed E-state index contributed by atoms with van der Waals surface area (Å²) in [6.45, 7) is 1.44. The van der Waals surface area contributed by atoms with E-state index in [2.05, 4.69) is 0 Å². The molecule has 0 saturated carbocycles. The fraction of sp³-hybridized carbons (Fsp3) is 1.00. The second-order valence-electron chi connectivity index (χ2n) is 3.48. The van der Waals surface area contributed by atoms with Crippen molar-refractivity contribution in [2.75, 3.05) is 45.9 Å². The van der Waals surface area contributed by atoms with E-state index in [1.807, 2.05) is 19.0 Å². The summed E-state index contributed by atoms with van der Waals surface area (Å²) in [5, 5.41) is 0. The van der Waals surface area contributed by atoms with Gasteiger partial charge in [0.1, 0.15) is 0 Å². The maximum atomic E-state index is 11.4. The summed E-state index contributed by atoms with van der Waals surface area (Å²) in [5.74, 6) is 0.174. The third kappa shape index (κ3) is 5.80. The maximum absolute atomic E-state index is 11.4. The first-order valence-electron chi connectivity index (χ1n) is 4.55. The second kappa shape index (κ2) is 6.61. The van der Waals surface area contributed by atoms with E-state index >= 15 is 0 Å². The largest absolute Gasteiger partial charge is 0.309 e. The number of halogens is 1. The molecule has 0 heterocycles. The van der Waals surface area contributed by atoms with E-state index in [9.17, 15) is 8.42 Å². The van der Waals surface area contributed by atoms with Crippen LogP contribution in [-0.4, -0.2) is 63.5 Å². The van der Waals surface area contributed by atoms with Gasteiger partial charge in [0.15, 0.2) is 0 Å². The summed E-state index contributed by atoms with van der Waals surface area (Å²) >= 11 is 5.40. The van der Waals surface area contributed by atoms with Gasteiger partial charge in [0.05, 0.1) is 5.75 Å². The molecule has 86 valence electrons. The molecule has 0 aliphatic rings. The van der Waals surface area contributed by atoms with E-state index in [1.54, 1.807) is 7.05 Å².